The van der Waals surface area contributed by atoms with Gasteiger partial charge in [-0.1, -0.05) is 20.3 Å². The molecule has 1 aliphatic rings. The minimum absolute atomic E-state index is 0.106. The van der Waals surface area contributed by atoms with E-state index in [1.165, 1.54) is 25.4 Å². The van der Waals surface area contributed by atoms with Gasteiger partial charge < -0.3 is 9.58 Å². The topological polar surface area (TPSA) is 89.7 Å². The lowest BCUT2D eigenvalue weighted by atomic mass is 9.84. The van der Waals surface area contributed by atoms with Crippen LogP contribution in [0.1, 0.15) is 63.0 Å². The van der Waals surface area contributed by atoms with Crippen molar-refractivity contribution in [3.8, 4) is 17.0 Å². The van der Waals surface area contributed by atoms with Crippen LogP contribution in [0, 0.1) is 12.4 Å². The van der Waals surface area contributed by atoms with E-state index in [1.807, 2.05) is 13.8 Å². The van der Waals surface area contributed by atoms with Gasteiger partial charge in [0.05, 0.1) is 13.5 Å². The molecular formula is C25H30FN3O4S. The van der Waals surface area contributed by atoms with Gasteiger partial charge in [0.2, 0.25) is 27.3 Å². The number of rotatable bonds is 8. The summed E-state index contributed by atoms with van der Waals surface area (Å²) in [5.41, 5.74) is 1.25. The van der Waals surface area contributed by atoms with Gasteiger partial charge >= 0.3 is 0 Å². The molecule has 0 aliphatic heterocycles. The fourth-order valence-electron chi connectivity index (χ4n) is 4.57. The Labute approximate surface area is 200 Å². The highest BCUT2D eigenvalue weighted by molar-refractivity contribution is 7.90. The van der Waals surface area contributed by atoms with Crippen molar-refractivity contribution in [2.45, 2.75) is 63.8 Å². The SMILES string of the molecule is [C-]#[N+]C1(CS(=O)(=O)NC(=O)Cc2c(-c3ccnc(OC)c3)cc(F)cc2C(C)C)CCCCC1. The molecule has 34 heavy (non-hydrogen) atoms. The van der Waals surface area contributed by atoms with Crippen LogP contribution in [0.5, 0.6) is 5.88 Å². The lowest BCUT2D eigenvalue weighted by Crippen LogP contribution is -2.43. The van der Waals surface area contributed by atoms with E-state index in [2.05, 4.69) is 14.6 Å². The summed E-state index contributed by atoms with van der Waals surface area (Å²) in [6.45, 7) is 11.3. The van der Waals surface area contributed by atoms with Crippen LogP contribution in [-0.4, -0.2) is 37.7 Å². The molecule has 1 saturated carbocycles. The van der Waals surface area contributed by atoms with E-state index in [9.17, 15) is 17.6 Å². The Morgan fingerprint density at radius 3 is 2.59 bits per heavy atom. The summed E-state index contributed by atoms with van der Waals surface area (Å²) in [7, 11) is -2.55. The fourth-order valence-corrected chi connectivity index (χ4v) is 6.13. The van der Waals surface area contributed by atoms with E-state index in [0.29, 0.717) is 41.0 Å². The number of halogens is 1. The summed E-state index contributed by atoms with van der Waals surface area (Å²) in [5.74, 6) is -1.34. The molecule has 1 aliphatic carbocycles. The van der Waals surface area contributed by atoms with E-state index in [4.69, 9.17) is 11.3 Å². The Hall–Kier alpha value is -2.99. The maximum Gasteiger partial charge on any atom is 0.248 e. The molecule has 0 radical (unpaired) electrons. The standard InChI is InChI=1S/C25H30FN3O4S/c1-17(2)20-13-19(26)14-21(18-8-11-28-24(12-18)33-4)22(20)15-23(30)29-34(31,32)16-25(27-3)9-6-5-7-10-25/h8,11-14,17H,5-7,9-10,15-16H2,1-2,4H3,(H,29,30). The van der Waals surface area contributed by atoms with Crippen LogP contribution in [0.15, 0.2) is 30.5 Å². The maximum absolute atomic E-state index is 14.5. The van der Waals surface area contributed by atoms with Crippen LogP contribution in [-0.2, 0) is 21.2 Å². The second kappa shape index (κ2) is 10.5. The molecule has 7 nitrogen and oxygen atoms in total. The third-order valence-electron chi connectivity index (χ3n) is 6.21. The van der Waals surface area contributed by atoms with Crippen LogP contribution < -0.4 is 9.46 Å². The molecule has 1 fully saturated rings. The molecule has 1 aromatic carbocycles. The first-order valence-electron chi connectivity index (χ1n) is 11.3. The van der Waals surface area contributed by atoms with Gasteiger partial charge in [0, 0.05) is 25.1 Å². The summed E-state index contributed by atoms with van der Waals surface area (Å²) in [6, 6.07) is 6.02. The van der Waals surface area contributed by atoms with Crippen molar-refractivity contribution < 1.29 is 22.3 Å². The molecule has 0 atom stereocenters. The van der Waals surface area contributed by atoms with Crippen molar-refractivity contribution in [2.75, 3.05) is 12.9 Å². The number of sulfonamides is 1. The third-order valence-corrected chi connectivity index (χ3v) is 7.67. The number of amides is 1. The summed E-state index contributed by atoms with van der Waals surface area (Å²) in [4.78, 5) is 20.6. The number of hydrogen-bond donors (Lipinski definition) is 1. The number of pyridine rings is 1. The zero-order valence-corrected chi connectivity index (χ0v) is 20.5. The molecule has 0 saturated heterocycles. The van der Waals surface area contributed by atoms with Crippen molar-refractivity contribution in [3.63, 3.8) is 0 Å². The Balaban J connectivity index is 1.92. The highest BCUT2D eigenvalue weighted by Gasteiger charge is 2.43. The Bertz CT molecular complexity index is 1200. The molecule has 182 valence electrons. The van der Waals surface area contributed by atoms with Crippen LogP contribution in [0.3, 0.4) is 0 Å². The molecule has 1 amide bonds. The minimum atomic E-state index is -4.02. The average molecular weight is 488 g/mol. The summed E-state index contributed by atoms with van der Waals surface area (Å²) in [5, 5.41) is 0. The normalized spacial score (nSPS) is 15.5. The third kappa shape index (κ3) is 6.11. The van der Waals surface area contributed by atoms with Crippen LogP contribution in [0.2, 0.25) is 0 Å². The first-order valence-corrected chi connectivity index (χ1v) is 13.0. The van der Waals surface area contributed by atoms with E-state index >= 15 is 0 Å². The van der Waals surface area contributed by atoms with E-state index in [0.717, 1.165) is 19.3 Å². The molecule has 1 heterocycles. The van der Waals surface area contributed by atoms with E-state index in [1.54, 1.807) is 12.1 Å². The first kappa shape index (κ1) is 25.6. The van der Waals surface area contributed by atoms with Gasteiger partial charge in [0.15, 0.2) is 0 Å². The van der Waals surface area contributed by atoms with Crippen molar-refractivity contribution in [1.29, 1.82) is 0 Å². The molecule has 0 spiro atoms. The number of nitrogens with zero attached hydrogens (tertiary/aromatic N) is 2. The average Bonchev–Trinajstić information content (AvgIpc) is 2.79. The van der Waals surface area contributed by atoms with Gasteiger partial charge in [0.25, 0.3) is 0 Å². The van der Waals surface area contributed by atoms with E-state index in [-0.39, 0.29) is 12.3 Å². The van der Waals surface area contributed by atoms with Gasteiger partial charge in [-0.05, 0) is 59.2 Å². The lowest BCUT2D eigenvalue weighted by Gasteiger charge is -2.25. The number of carbonyl (C=O) groups is 1. The second-order valence-corrected chi connectivity index (χ2v) is 10.8. The minimum Gasteiger partial charge on any atom is -0.481 e. The predicted molar refractivity (Wildman–Crippen MR) is 128 cm³/mol. The molecule has 0 unspecified atom stereocenters. The second-order valence-electron chi connectivity index (χ2n) is 9.12. The number of benzene rings is 1. The number of ether oxygens (including phenoxy) is 1. The fraction of sp³-hybridized carbons (Fsp3) is 0.480. The van der Waals surface area contributed by atoms with Gasteiger partial charge in [-0.3, -0.25) is 9.52 Å². The van der Waals surface area contributed by atoms with Gasteiger partial charge in [-0.15, -0.1) is 0 Å². The van der Waals surface area contributed by atoms with Crippen LogP contribution >= 0.6 is 0 Å². The van der Waals surface area contributed by atoms with Crippen molar-refractivity contribution in [2.24, 2.45) is 0 Å². The molecule has 1 aromatic heterocycles. The van der Waals surface area contributed by atoms with Crippen molar-refractivity contribution in [1.82, 2.24) is 9.71 Å². The molecule has 9 heteroatoms. The molecular weight excluding hydrogens is 457 g/mol. The highest BCUT2D eigenvalue weighted by atomic mass is 32.2. The predicted octanol–water partition coefficient (Wildman–Crippen LogP) is 4.63. The molecule has 0 bridgehead atoms. The largest absolute Gasteiger partial charge is 0.481 e. The zero-order valence-electron chi connectivity index (χ0n) is 19.7. The Morgan fingerprint density at radius 1 is 1.26 bits per heavy atom. The number of nitrogens with one attached hydrogen (secondary N) is 1. The molecule has 2 aromatic rings. The van der Waals surface area contributed by atoms with Gasteiger partial charge in [-0.2, -0.15) is 0 Å². The number of methoxy groups -OCH3 is 1. The quantitative estimate of drug-likeness (QED) is 0.549. The van der Waals surface area contributed by atoms with Crippen LogP contribution in [0.25, 0.3) is 16.0 Å². The monoisotopic (exact) mass is 487 g/mol. The summed E-state index contributed by atoms with van der Waals surface area (Å²) >= 11 is 0. The Morgan fingerprint density at radius 2 is 1.97 bits per heavy atom. The van der Waals surface area contributed by atoms with E-state index < -0.39 is 33.0 Å². The van der Waals surface area contributed by atoms with Crippen molar-refractivity contribution >= 4 is 15.9 Å². The van der Waals surface area contributed by atoms with Crippen LogP contribution in [0.4, 0.5) is 4.39 Å². The maximum atomic E-state index is 14.5. The highest BCUT2D eigenvalue weighted by Crippen LogP contribution is 2.34. The molecule has 1 N–H and O–H groups in total. The first-order chi connectivity index (χ1) is 16.1. The van der Waals surface area contributed by atoms with Gasteiger partial charge in [-0.25, -0.2) is 24.4 Å². The smallest absolute Gasteiger partial charge is 0.248 e. The summed E-state index contributed by atoms with van der Waals surface area (Å²) < 4.78 is 47.5. The number of carbonyl (C=O) groups excluding carboxylic acids is 1. The van der Waals surface area contributed by atoms with Crippen molar-refractivity contribution in [3.05, 3.63) is 58.8 Å². The number of aromatic nitrogens is 1. The number of hydrogen-bond acceptors (Lipinski definition) is 5. The summed E-state index contributed by atoms with van der Waals surface area (Å²) in [6.07, 6.45) is 4.88. The zero-order chi connectivity index (χ0) is 24.9. The lowest BCUT2D eigenvalue weighted by molar-refractivity contribution is -0.118. The molecule has 3 rings (SSSR count). The van der Waals surface area contributed by atoms with Gasteiger partial charge in [0.1, 0.15) is 11.6 Å². The Kier molecular flexibility index (Phi) is 7.93.